The monoisotopic (exact) mass is 176 g/mol. The van der Waals surface area contributed by atoms with Gasteiger partial charge < -0.3 is 4.98 Å². The molecule has 0 bridgehead atoms. The Morgan fingerprint density at radius 3 is 2.46 bits per heavy atom. The van der Waals surface area contributed by atoms with Crippen molar-refractivity contribution >= 4 is 0 Å². The number of hydrogen-bond acceptors (Lipinski definition) is 2. The van der Waals surface area contributed by atoms with Gasteiger partial charge in [-0.05, 0) is 0 Å². The number of pyridine rings is 1. The maximum atomic E-state index is 11.3. The normalized spacial score (nSPS) is 10.9. The number of nitrogens with zero attached hydrogens (tertiary/aromatic N) is 1. The summed E-state index contributed by atoms with van der Waals surface area (Å²) < 4.78 is 0. The molecule has 0 amide bonds. The first kappa shape index (κ1) is 9.53. The summed E-state index contributed by atoms with van der Waals surface area (Å²) in [5, 5.41) is 8.54. The SMILES string of the molecule is CC(C)(C)c1cc(=O)c(C#N)c[nH]1. The molecule has 0 fully saturated rings. The van der Waals surface area contributed by atoms with Crippen LogP contribution in [0.2, 0.25) is 0 Å². The molecule has 0 atom stereocenters. The van der Waals surface area contributed by atoms with Crippen molar-refractivity contribution in [3.05, 3.63) is 33.7 Å². The second kappa shape index (κ2) is 3.06. The molecular weight excluding hydrogens is 164 g/mol. The van der Waals surface area contributed by atoms with E-state index in [0.29, 0.717) is 0 Å². The molecule has 3 heteroatoms. The quantitative estimate of drug-likeness (QED) is 0.652. The molecule has 68 valence electrons. The van der Waals surface area contributed by atoms with Crippen LogP contribution in [0.3, 0.4) is 0 Å². The predicted molar refractivity (Wildman–Crippen MR) is 50.5 cm³/mol. The minimum atomic E-state index is -0.217. The van der Waals surface area contributed by atoms with Crippen LogP contribution in [0.5, 0.6) is 0 Å². The minimum Gasteiger partial charge on any atom is -0.363 e. The van der Waals surface area contributed by atoms with Gasteiger partial charge in [0.05, 0.1) is 0 Å². The molecule has 0 aliphatic heterocycles. The van der Waals surface area contributed by atoms with Crippen molar-refractivity contribution in [1.82, 2.24) is 4.98 Å². The van der Waals surface area contributed by atoms with Crippen molar-refractivity contribution in [2.24, 2.45) is 0 Å². The highest BCUT2D eigenvalue weighted by atomic mass is 16.1. The summed E-state index contributed by atoms with van der Waals surface area (Å²) in [4.78, 5) is 14.2. The first-order valence-electron chi connectivity index (χ1n) is 4.08. The van der Waals surface area contributed by atoms with Crippen LogP contribution in [-0.4, -0.2) is 4.98 Å². The van der Waals surface area contributed by atoms with E-state index in [1.165, 1.54) is 12.3 Å². The van der Waals surface area contributed by atoms with E-state index in [4.69, 9.17) is 5.26 Å². The van der Waals surface area contributed by atoms with Crippen LogP contribution in [0, 0.1) is 11.3 Å². The summed E-state index contributed by atoms with van der Waals surface area (Å²) in [6, 6.07) is 3.31. The fraction of sp³-hybridized carbons (Fsp3) is 0.400. The maximum Gasteiger partial charge on any atom is 0.199 e. The second-order valence-electron chi connectivity index (χ2n) is 3.99. The van der Waals surface area contributed by atoms with Gasteiger partial charge in [-0.3, -0.25) is 4.79 Å². The van der Waals surface area contributed by atoms with Crippen molar-refractivity contribution in [2.75, 3.05) is 0 Å². The van der Waals surface area contributed by atoms with Crippen molar-refractivity contribution in [3.63, 3.8) is 0 Å². The maximum absolute atomic E-state index is 11.3. The molecule has 0 saturated heterocycles. The topological polar surface area (TPSA) is 56.6 Å². The van der Waals surface area contributed by atoms with Gasteiger partial charge in [-0.2, -0.15) is 5.26 Å². The Labute approximate surface area is 77.0 Å². The Bertz CT molecular complexity index is 404. The van der Waals surface area contributed by atoms with E-state index in [-0.39, 0.29) is 16.4 Å². The number of nitrogens with one attached hydrogen (secondary N) is 1. The number of H-pyrrole nitrogens is 1. The molecule has 0 spiro atoms. The molecule has 0 aromatic carbocycles. The Balaban J connectivity index is 3.28. The summed E-state index contributed by atoms with van der Waals surface area (Å²) in [5.41, 5.74) is 0.698. The number of aromatic amines is 1. The molecule has 1 aromatic rings. The third-order valence-electron chi connectivity index (χ3n) is 1.84. The van der Waals surface area contributed by atoms with Gasteiger partial charge >= 0.3 is 0 Å². The minimum absolute atomic E-state index is 0.0901. The van der Waals surface area contributed by atoms with Crippen LogP contribution < -0.4 is 5.43 Å². The molecule has 13 heavy (non-hydrogen) atoms. The third kappa shape index (κ3) is 1.97. The van der Waals surface area contributed by atoms with Crippen molar-refractivity contribution < 1.29 is 0 Å². The van der Waals surface area contributed by atoms with E-state index in [0.717, 1.165) is 5.69 Å². The average molecular weight is 176 g/mol. The molecule has 1 heterocycles. The zero-order valence-electron chi connectivity index (χ0n) is 8.01. The molecule has 0 aliphatic rings. The van der Waals surface area contributed by atoms with E-state index < -0.39 is 0 Å². The van der Waals surface area contributed by atoms with E-state index in [1.807, 2.05) is 26.8 Å². The van der Waals surface area contributed by atoms with Crippen LogP contribution in [0.1, 0.15) is 32.0 Å². The van der Waals surface area contributed by atoms with Crippen LogP contribution in [0.4, 0.5) is 0 Å². The molecule has 0 unspecified atom stereocenters. The van der Waals surface area contributed by atoms with Crippen molar-refractivity contribution in [1.29, 1.82) is 5.26 Å². The fourth-order valence-electron chi connectivity index (χ4n) is 0.992. The van der Waals surface area contributed by atoms with E-state index in [2.05, 4.69) is 4.98 Å². The lowest BCUT2D eigenvalue weighted by molar-refractivity contribution is 0.568. The highest BCUT2D eigenvalue weighted by Crippen LogP contribution is 2.17. The van der Waals surface area contributed by atoms with Gasteiger partial charge in [0.15, 0.2) is 5.43 Å². The van der Waals surface area contributed by atoms with Crippen molar-refractivity contribution in [3.8, 4) is 6.07 Å². The largest absolute Gasteiger partial charge is 0.363 e. The average Bonchev–Trinajstić information content (AvgIpc) is 2.02. The molecule has 1 N–H and O–H groups in total. The standard InChI is InChI=1S/C10H12N2O/c1-10(2,3)9-4-8(13)7(5-11)6-12-9/h4,6H,1-3H3,(H,12,13). The van der Waals surface area contributed by atoms with Crippen molar-refractivity contribution in [2.45, 2.75) is 26.2 Å². The van der Waals surface area contributed by atoms with E-state index >= 15 is 0 Å². The Morgan fingerprint density at radius 2 is 2.08 bits per heavy atom. The van der Waals surface area contributed by atoms with Gasteiger partial charge in [0, 0.05) is 23.4 Å². The van der Waals surface area contributed by atoms with Crippen LogP contribution >= 0.6 is 0 Å². The highest BCUT2D eigenvalue weighted by molar-refractivity contribution is 5.28. The van der Waals surface area contributed by atoms with Gasteiger partial charge in [-0.15, -0.1) is 0 Å². The Morgan fingerprint density at radius 1 is 1.46 bits per heavy atom. The molecule has 3 nitrogen and oxygen atoms in total. The van der Waals surface area contributed by atoms with E-state index in [1.54, 1.807) is 0 Å². The summed E-state index contributed by atoms with van der Waals surface area (Å²) >= 11 is 0. The van der Waals surface area contributed by atoms with Gasteiger partial charge in [0.25, 0.3) is 0 Å². The van der Waals surface area contributed by atoms with Gasteiger partial charge in [-0.25, -0.2) is 0 Å². The van der Waals surface area contributed by atoms with Gasteiger partial charge in [-0.1, -0.05) is 20.8 Å². The number of rotatable bonds is 0. The molecule has 1 aromatic heterocycles. The van der Waals surface area contributed by atoms with Gasteiger partial charge in [0.1, 0.15) is 11.6 Å². The smallest absolute Gasteiger partial charge is 0.199 e. The summed E-state index contributed by atoms with van der Waals surface area (Å²) in [6.45, 7) is 6.01. The molecule has 0 radical (unpaired) electrons. The Kier molecular flexibility index (Phi) is 2.24. The van der Waals surface area contributed by atoms with Crippen LogP contribution in [0.25, 0.3) is 0 Å². The second-order valence-corrected chi connectivity index (χ2v) is 3.99. The first-order chi connectivity index (χ1) is 5.95. The van der Waals surface area contributed by atoms with Crippen LogP contribution in [0.15, 0.2) is 17.1 Å². The lowest BCUT2D eigenvalue weighted by atomic mass is 9.91. The predicted octanol–water partition coefficient (Wildman–Crippen LogP) is 1.54. The summed E-state index contributed by atoms with van der Waals surface area (Å²) in [5.74, 6) is 0. The van der Waals surface area contributed by atoms with Crippen LogP contribution in [-0.2, 0) is 5.41 Å². The summed E-state index contributed by atoms with van der Waals surface area (Å²) in [7, 11) is 0. The van der Waals surface area contributed by atoms with Gasteiger partial charge in [0.2, 0.25) is 0 Å². The summed E-state index contributed by atoms with van der Waals surface area (Å²) in [6.07, 6.45) is 1.46. The number of hydrogen-bond donors (Lipinski definition) is 1. The first-order valence-corrected chi connectivity index (χ1v) is 4.08. The number of aromatic nitrogens is 1. The van der Waals surface area contributed by atoms with E-state index in [9.17, 15) is 4.79 Å². The molecular formula is C10H12N2O. The fourth-order valence-corrected chi connectivity index (χ4v) is 0.992. The number of nitriles is 1. The zero-order chi connectivity index (χ0) is 10.1. The molecule has 0 aliphatic carbocycles. The molecule has 0 saturated carbocycles. The lowest BCUT2D eigenvalue weighted by Crippen LogP contribution is -2.18. The zero-order valence-corrected chi connectivity index (χ0v) is 8.01. The Hall–Kier alpha value is -1.56. The highest BCUT2D eigenvalue weighted by Gasteiger charge is 2.15. The molecule has 1 rings (SSSR count). The lowest BCUT2D eigenvalue weighted by Gasteiger charge is -2.17. The third-order valence-corrected chi connectivity index (χ3v) is 1.84.